The Kier molecular flexibility index (Phi) is 3.73. The molecule has 0 bridgehead atoms. The highest BCUT2D eigenvalue weighted by Gasteiger charge is 2.46. The summed E-state index contributed by atoms with van der Waals surface area (Å²) in [7, 11) is 0. The molecule has 0 unspecified atom stereocenters. The fourth-order valence-corrected chi connectivity index (χ4v) is 1.94. The van der Waals surface area contributed by atoms with Crippen LogP contribution in [0.5, 0.6) is 0 Å². The van der Waals surface area contributed by atoms with Crippen molar-refractivity contribution in [1.82, 2.24) is 5.32 Å². The van der Waals surface area contributed by atoms with Gasteiger partial charge >= 0.3 is 5.97 Å². The van der Waals surface area contributed by atoms with Gasteiger partial charge in [-0.2, -0.15) is 0 Å². The monoisotopic (exact) mass is 253 g/mol. The molecule has 102 valence electrons. The van der Waals surface area contributed by atoms with Crippen LogP contribution < -0.4 is 5.32 Å². The van der Waals surface area contributed by atoms with Crippen molar-refractivity contribution >= 4 is 11.8 Å². The van der Waals surface area contributed by atoms with Crippen molar-refractivity contribution < 1.29 is 14.3 Å². The van der Waals surface area contributed by atoms with Gasteiger partial charge in [-0.1, -0.05) is 0 Å². The van der Waals surface area contributed by atoms with E-state index in [4.69, 9.17) is 4.74 Å². The Bertz CT molecular complexity index is 385. The highest BCUT2D eigenvalue weighted by molar-refractivity contribution is 6.01. The molecule has 0 spiro atoms. The molecule has 1 atom stereocenters. The highest BCUT2D eigenvalue weighted by atomic mass is 16.6. The second-order valence-corrected chi connectivity index (χ2v) is 6.82. The van der Waals surface area contributed by atoms with Crippen LogP contribution in [0.1, 0.15) is 48.0 Å². The Morgan fingerprint density at radius 3 is 2.17 bits per heavy atom. The molecule has 0 heterocycles. The molecule has 18 heavy (non-hydrogen) atoms. The molecule has 0 fully saturated rings. The summed E-state index contributed by atoms with van der Waals surface area (Å²) in [6.07, 6.45) is 3.19. The molecule has 1 N–H and O–H groups in total. The van der Waals surface area contributed by atoms with Gasteiger partial charge in [-0.25, -0.2) is 4.79 Å². The fraction of sp³-hybridized carbons (Fsp3) is 0.714. The maximum atomic E-state index is 12.3. The van der Waals surface area contributed by atoms with E-state index >= 15 is 0 Å². The third-order valence-electron chi connectivity index (χ3n) is 2.37. The first kappa shape index (κ1) is 14.9. The van der Waals surface area contributed by atoms with Crippen molar-refractivity contribution in [3.05, 3.63) is 12.2 Å². The summed E-state index contributed by atoms with van der Waals surface area (Å²) in [5, 5.41) is 3.20. The zero-order valence-electron chi connectivity index (χ0n) is 12.1. The number of rotatable bonds is 2. The topological polar surface area (TPSA) is 55.4 Å². The number of carbonyl (C=O) groups excluding carboxylic acids is 2. The first-order chi connectivity index (χ1) is 7.94. The predicted molar refractivity (Wildman–Crippen MR) is 70.2 cm³/mol. The van der Waals surface area contributed by atoms with Gasteiger partial charge in [-0.3, -0.25) is 10.1 Å². The van der Waals surface area contributed by atoms with Gasteiger partial charge < -0.3 is 4.74 Å². The third-order valence-corrected chi connectivity index (χ3v) is 2.37. The van der Waals surface area contributed by atoms with Crippen LogP contribution in [0.15, 0.2) is 12.2 Å². The quantitative estimate of drug-likeness (QED) is 0.765. The van der Waals surface area contributed by atoms with E-state index in [1.165, 1.54) is 6.08 Å². The standard InChI is InChI=1S/C14H23NO3/c1-12(2,3)15-14(8-7-10(16)9-14)11(17)18-13(4,5)6/h7-8,15H,9H2,1-6H3/t14-/m1/s1. The highest BCUT2D eigenvalue weighted by Crippen LogP contribution is 2.27. The molecule has 4 nitrogen and oxygen atoms in total. The van der Waals surface area contributed by atoms with Gasteiger partial charge in [0.05, 0.1) is 0 Å². The average Bonchev–Trinajstić information content (AvgIpc) is 2.42. The number of ketones is 1. The number of hydrogen-bond acceptors (Lipinski definition) is 4. The molecule has 0 aliphatic heterocycles. The minimum Gasteiger partial charge on any atom is -0.458 e. The van der Waals surface area contributed by atoms with E-state index < -0.39 is 17.1 Å². The van der Waals surface area contributed by atoms with Crippen LogP contribution in [0.3, 0.4) is 0 Å². The number of ether oxygens (including phenoxy) is 1. The number of carbonyl (C=O) groups is 2. The minimum absolute atomic E-state index is 0.0578. The third kappa shape index (κ3) is 3.95. The van der Waals surface area contributed by atoms with Crippen LogP contribution in [0.4, 0.5) is 0 Å². The van der Waals surface area contributed by atoms with Crippen LogP contribution >= 0.6 is 0 Å². The summed E-state index contributed by atoms with van der Waals surface area (Å²) in [4.78, 5) is 23.8. The van der Waals surface area contributed by atoms with E-state index in [2.05, 4.69) is 5.32 Å². The van der Waals surface area contributed by atoms with Crippen molar-refractivity contribution in [2.45, 2.75) is 64.6 Å². The summed E-state index contributed by atoms with van der Waals surface area (Å²) < 4.78 is 5.41. The lowest BCUT2D eigenvalue weighted by Gasteiger charge is -2.36. The summed E-state index contributed by atoms with van der Waals surface area (Å²) >= 11 is 0. The molecular weight excluding hydrogens is 230 g/mol. The lowest BCUT2D eigenvalue weighted by molar-refractivity contribution is -0.162. The number of hydrogen-bond donors (Lipinski definition) is 1. The number of esters is 1. The van der Waals surface area contributed by atoms with Crippen LogP contribution in [0.25, 0.3) is 0 Å². The largest absolute Gasteiger partial charge is 0.458 e. The van der Waals surface area contributed by atoms with Crippen molar-refractivity contribution in [1.29, 1.82) is 0 Å². The number of nitrogens with one attached hydrogen (secondary N) is 1. The SMILES string of the molecule is CC(C)(C)N[C@]1(C(=O)OC(C)(C)C)C=CC(=O)C1. The van der Waals surface area contributed by atoms with Gasteiger partial charge in [0.25, 0.3) is 0 Å². The molecule has 0 radical (unpaired) electrons. The van der Waals surface area contributed by atoms with E-state index in [0.29, 0.717) is 0 Å². The zero-order chi connectivity index (χ0) is 14.2. The predicted octanol–water partition coefficient (Wildman–Crippen LogP) is 1.98. The van der Waals surface area contributed by atoms with Crippen LogP contribution in [-0.2, 0) is 14.3 Å². The zero-order valence-corrected chi connectivity index (χ0v) is 12.1. The molecule has 0 amide bonds. The lowest BCUT2D eigenvalue weighted by Crippen LogP contribution is -2.58. The summed E-state index contributed by atoms with van der Waals surface area (Å²) in [6.45, 7) is 11.3. The normalized spacial score (nSPS) is 24.4. The Hall–Kier alpha value is -1.16. The second-order valence-electron chi connectivity index (χ2n) is 6.82. The average molecular weight is 253 g/mol. The molecule has 4 heteroatoms. The molecule has 1 aliphatic carbocycles. The maximum Gasteiger partial charge on any atom is 0.331 e. The summed E-state index contributed by atoms with van der Waals surface area (Å²) in [5.41, 5.74) is -1.88. The van der Waals surface area contributed by atoms with Crippen LogP contribution in [0, 0.1) is 0 Å². The second kappa shape index (κ2) is 4.50. The van der Waals surface area contributed by atoms with Crippen LogP contribution in [0.2, 0.25) is 0 Å². The van der Waals surface area contributed by atoms with Gasteiger partial charge in [-0.15, -0.1) is 0 Å². The van der Waals surface area contributed by atoms with Gasteiger partial charge in [-0.05, 0) is 53.7 Å². The molecule has 1 rings (SSSR count). The van der Waals surface area contributed by atoms with Crippen molar-refractivity contribution in [2.75, 3.05) is 0 Å². The first-order valence-corrected chi connectivity index (χ1v) is 6.18. The maximum absolute atomic E-state index is 12.3. The van der Waals surface area contributed by atoms with Crippen molar-refractivity contribution in [3.8, 4) is 0 Å². The Balaban J connectivity index is 2.97. The number of allylic oxidation sites excluding steroid dienone is 1. The Labute approximate surface area is 109 Å². The van der Waals surface area contributed by atoms with Crippen molar-refractivity contribution in [3.63, 3.8) is 0 Å². The molecule has 0 aromatic heterocycles. The van der Waals surface area contributed by atoms with E-state index in [-0.39, 0.29) is 17.7 Å². The molecule has 1 aliphatic rings. The van der Waals surface area contributed by atoms with Gasteiger partial charge in [0.15, 0.2) is 5.78 Å². The molecule has 0 aromatic rings. The van der Waals surface area contributed by atoms with E-state index in [0.717, 1.165) is 0 Å². The molecule has 0 aromatic carbocycles. The Morgan fingerprint density at radius 2 is 1.83 bits per heavy atom. The fourth-order valence-electron chi connectivity index (χ4n) is 1.94. The summed E-state index contributed by atoms with van der Waals surface area (Å²) in [6, 6.07) is 0. The molecular formula is C14H23NO3. The van der Waals surface area contributed by atoms with Gasteiger partial charge in [0.1, 0.15) is 11.1 Å². The van der Waals surface area contributed by atoms with E-state index in [9.17, 15) is 9.59 Å². The first-order valence-electron chi connectivity index (χ1n) is 6.18. The minimum atomic E-state index is -1.03. The van der Waals surface area contributed by atoms with Crippen molar-refractivity contribution in [2.24, 2.45) is 0 Å². The summed E-state index contributed by atoms with van der Waals surface area (Å²) in [5.74, 6) is -0.454. The van der Waals surface area contributed by atoms with Gasteiger partial charge in [0.2, 0.25) is 0 Å². The molecule has 0 saturated heterocycles. The van der Waals surface area contributed by atoms with E-state index in [1.54, 1.807) is 6.08 Å². The van der Waals surface area contributed by atoms with Gasteiger partial charge in [0, 0.05) is 12.0 Å². The smallest absolute Gasteiger partial charge is 0.331 e. The Morgan fingerprint density at radius 1 is 1.28 bits per heavy atom. The molecule has 0 saturated carbocycles. The van der Waals surface area contributed by atoms with E-state index in [1.807, 2.05) is 41.5 Å². The lowest BCUT2D eigenvalue weighted by atomic mass is 9.93. The van der Waals surface area contributed by atoms with Crippen LogP contribution in [-0.4, -0.2) is 28.4 Å².